The fraction of sp³-hybridized carbons (Fsp3) is 0.462. The molecule has 8 nitrogen and oxygen atoms in total. The predicted molar refractivity (Wildman–Crippen MR) is 76.2 cm³/mol. The molecule has 116 valence electrons. The number of nitrogens with zero attached hydrogens (tertiary/aromatic N) is 5. The molecule has 0 spiro atoms. The second kappa shape index (κ2) is 6.08. The van der Waals surface area contributed by atoms with Crippen LogP contribution in [0.15, 0.2) is 23.3 Å². The fourth-order valence-electron chi connectivity index (χ4n) is 2.50. The Kier molecular flexibility index (Phi) is 3.99. The van der Waals surface area contributed by atoms with E-state index in [1.807, 2.05) is 4.90 Å². The van der Waals surface area contributed by atoms with Crippen molar-refractivity contribution in [2.75, 3.05) is 42.6 Å². The number of morpholine rings is 1. The van der Waals surface area contributed by atoms with Crippen molar-refractivity contribution < 1.29 is 18.7 Å². The van der Waals surface area contributed by atoms with Crippen LogP contribution in [0.25, 0.3) is 10.4 Å². The SMILES string of the molecule is [N-]=[N+]=N[C@H]1CN(c2ccc(N3CCOCC3)c(F)c2)C(=O)O1. The largest absolute Gasteiger partial charge is 0.438 e. The van der Waals surface area contributed by atoms with E-state index in [9.17, 15) is 9.18 Å². The maximum Gasteiger partial charge on any atom is 0.414 e. The maximum atomic E-state index is 14.3. The first-order valence-corrected chi connectivity index (χ1v) is 6.83. The van der Waals surface area contributed by atoms with E-state index in [1.54, 1.807) is 12.1 Å². The molecule has 0 radical (unpaired) electrons. The molecular formula is C13H14FN5O3. The van der Waals surface area contributed by atoms with Crippen LogP contribution in [0, 0.1) is 5.82 Å². The third-order valence-corrected chi connectivity index (χ3v) is 3.57. The van der Waals surface area contributed by atoms with Crippen molar-refractivity contribution >= 4 is 17.5 Å². The average Bonchev–Trinajstić information content (AvgIpc) is 2.89. The summed E-state index contributed by atoms with van der Waals surface area (Å²) >= 11 is 0. The first-order chi connectivity index (χ1) is 10.7. The summed E-state index contributed by atoms with van der Waals surface area (Å²) in [6.07, 6.45) is -1.55. The summed E-state index contributed by atoms with van der Waals surface area (Å²) in [6, 6.07) is 4.56. The van der Waals surface area contributed by atoms with E-state index in [0.717, 1.165) is 0 Å². The highest BCUT2D eigenvalue weighted by molar-refractivity contribution is 5.90. The van der Waals surface area contributed by atoms with Crippen LogP contribution >= 0.6 is 0 Å². The number of cyclic esters (lactones) is 1. The van der Waals surface area contributed by atoms with Crippen molar-refractivity contribution in [3.8, 4) is 0 Å². The molecule has 1 amide bonds. The van der Waals surface area contributed by atoms with Crippen molar-refractivity contribution in [3.63, 3.8) is 0 Å². The van der Waals surface area contributed by atoms with E-state index in [2.05, 4.69) is 10.0 Å². The highest BCUT2D eigenvalue weighted by Gasteiger charge is 2.32. The number of carbonyl (C=O) groups excluding carboxylic acids is 1. The van der Waals surface area contributed by atoms with Crippen molar-refractivity contribution in [3.05, 3.63) is 34.5 Å². The number of amides is 1. The highest BCUT2D eigenvalue weighted by Crippen LogP contribution is 2.28. The lowest BCUT2D eigenvalue weighted by molar-refractivity contribution is 0.122. The summed E-state index contributed by atoms with van der Waals surface area (Å²) < 4.78 is 24.4. The smallest absolute Gasteiger partial charge is 0.414 e. The Morgan fingerprint density at radius 3 is 2.82 bits per heavy atom. The van der Waals surface area contributed by atoms with Crippen molar-refractivity contribution in [2.24, 2.45) is 5.11 Å². The van der Waals surface area contributed by atoms with E-state index in [4.69, 9.17) is 15.0 Å². The Labute approximate surface area is 125 Å². The van der Waals surface area contributed by atoms with Crippen LogP contribution in [0.2, 0.25) is 0 Å². The molecule has 2 aliphatic heterocycles. The van der Waals surface area contributed by atoms with E-state index in [1.165, 1.54) is 11.0 Å². The Hall–Kier alpha value is -2.51. The predicted octanol–water partition coefficient (Wildman–Crippen LogP) is 2.26. The Balaban J connectivity index is 1.79. The van der Waals surface area contributed by atoms with Crippen LogP contribution in [0.5, 0.6) is 0 Å². The topological polar surface area (TPSA) is 90.8 Å². The van der Waals surface area contributed by atoms with Crippen LogP contribution in [-0.4, -0.2) is 45.2 Å². The summed E-state index contributed by atoms with van der Waals surface area (Å²) in [5, 5.41) is 3.34. The number of anilines is 2. The van der Waals surface area contributed by atoms with Gasteiger partial charge in [0.05, 0.1) is 31.1 Å². The molecular weight excluding hydrogens is 293 g/mol. The van der Waals surface area contributed by atoms with Gasteiger partial charge in [-0.05, 0) is 28.8 Å². The molecule has 1 atom stereocenters. The molecule has 2 fully saturated rings. The van der Waals surface area contributed by atoms with Crippen LogP contribution in [0.4, 0.5) is 20.6 Å². The summed E-state index contributed by atoms with van der Waals surface area (Å²) in [5.41, 5.74) is 9.22. The van der Waals surface area contributed by atoms with Gasteiger partial charge in [-0.1, -0.05) is 0 Å². The molecule has 0 unspecified atom stereocenters. The van der Waals surface area contributed by atoms with Gasteiger partial charge in [0.2, 0.25) is 6.23 Å². The number of carbonyl (C=O) groups is 1. The Morgan fingerprint density at radius 1 is 1.36 bits per heavy atom. The lowest BCUT2D eigenvalue weighted by atomic mass is 10.2. The van der Waals surface area contributed by atoms with Gasteiger partial charge in [-0.25, -0.2) is 9.18 Å². The zero-order valence-corrected chi connectivity index (χ0v) is 11.7. The number of hydrogen-bond donors (Lipinski definition) is 0. The standard InChI is InChI=1S/C13H14FN5O3/c14-10-7-9(19-8-12(16-17-15)22-13(19)20)1-2-11(10)18-3-5-21-6-4-18/h1-2,7,12H,3-6,8H2/t12-/m1/s1. The third kappa shape index (κ3) is 2.76. The first kappa shape index (κ1) is 14.4. The van der Waals surface area contributed by atoms with E-state index in [0.29, 0.717) is 37.7 Å². The van der Waals surface area contributed by atoms with Crippen LogP contribution in [-0.2, 0) is 9.47 Å². The van der Waals surface area contributed by atoms with Gasteiger partial charge in [0, 0.05) is 18.0 Å². The average molecular weight is 307 g/mol. The fourth-order valence-corrected chi connectivity index (χ4v) is 2.50. The molecule has 0 aliphatic carbocycles. The molecule has 2 aliphatic rings. The molecule has 0 aromatic heterocycles. The van der Waals surface area contributed by atoms with Crippen molar-refractivity contribution in [1.82, 2.24) is 0 Å². The summed E-state index contributed by atoms with van der Waals surface area (Å²) in [7, 11) is 0. The number of hydrogen-bond acceptors (Lipinski definition) is 5. The zero-order valence-electron chi connectivity index (χ0n) is 11.7. The number of rotatable bonds is 3. The molecule has 9 heteroatoms. The van der Waals surface area contributed by atoms with Gasteiger partial charge in [-0.2, -0.15) is 0 Å². The number of benzene rings is 1. The minimum Gasteiger partial charge on any atom is -0.438 e. The Morgan fingerprint density at radius 2 is 2.14 bits per heavy atom. The van der Waals surface area contributed by atoms with Gasteiger partial charge in [0.1, 0.15) is 5.82 Å². The molecule has 1 aromatic rings. The zero-order chi connectivity index (χ0) is 15.5. The molecule has 22 heavy (non-hydrogen) atoms. The van der Waals surface area contributed by atoms with E-state index >= 15 is 0 Å². The van der Waals surface area contributed by atoms with Gasteiger partial charge < -0.3 is 14.4 Å². The molecule has 3 rings (SSSR count). The minimum atomic E-state index is -0.889. The van der Waals surface area contributed by atoms with Crippen molar-refractivity contribution in [2.45, 2.75) is 6.23 Å². The molecule has 1 aromatic carbocycles. The molecule has 2 saturated heterocycles. The molecule has 0 saturated carbocycles. The lowest BCUT2D eigenvalue weighted by Gasteiger charge is -2.29. The normalized spacial score (nSPS) is 21.5. The third-order valence-electron chi connectivity index (χ3n) is 3.57. The quantitative estimate of drug-likeness (QED) is 0.486. The van der Waals surface area contributed by atoms with Crippen LogP contribution in [0.1, 0.15) is 0 Å². The van der Waals surface area contributed by atoms with E-state index in [-0.39, 0.29) is 6.54 Å². The Bertz CT molecular complexity index is 628. The van der Waals surface area contributed by atoms with E-state index < -0.39 is 18.1 Å². The molecule has 2 heterocycles. The number of azide groups is 1. The lowest BCUT2D eigenvalue weighted by Crippen LogP contribution is -2.36. The van der Waals surface area contributed by atoms with Gasteiger partial charge in [-0.3, -0.25) is 4.90 Å². The second-order valence-corrected chi connectivity index (χ2v) is 4.89. The van der Waals surface area contributed by atoms with Gasteiger partial charge >= 0.3 is 6.09 Å². The minimum absolute atomic E-state index is 0.0687. The monoisotopic (exact) mass is 307 g/mol. The van der Waals surface area contributed by atoms with Gasteiger partial charge in [0.25, 0.3) is 0 Å². The number of ether oxygens (including phenoxy) is 2. The van der Waals surface area contributed by atoms with Crippen LogP contribution < -0.4 is 9.80 Å². The number of halogens is 1. The van der Waals surface area contributed by atoms with Crippen molar-refractivity contribution in [1.29, 1.82) is 0 Å². The first-order valence-electron chi connectivity index (χ1n) is 6.83. The van der Waals surface area contributed by atoms with Gasteiger partial charge in [-0.15, -0.1) is 0 Å². The van der Waals surface area contributed by atoms with Gasteiger partial charge in [0.15, 0.2) is 0 Å². The second-order valence-electron chi connectivity index (χ2n) is 4.89. The molecule has 0 bridgehead atoms. The summed E-state index contributed by atoms with van der Waals surface area (Å²) in [5.74, 6) is -0.417. The highest BCUT2D eigenvalue weighted by atomic mass is 19.1. The van der Waals surface area contributed by atoms with Crippen LogP contribution in [0.3, 0.4) is 0 Å². The maximum absolute atomic E-state index is 14.3. The molecule has 0 N–H and O–H groups in total. The summed E-state index contributed by atoms with van der Waals surface area (Å²) in [6.45, 7) is 2.45. The summed E-state index contributed by atoms with van der Waals surface area (Å²) in [4.78, 5) is 17.5.